The van der Waals surface area contributed by atoms with Crippen molar-refractivity contribution in [2.24, 2.45) is 7.05 Å². The number of hydrogen-bond donors (Lipinski definition) is 1. The van der Waals surface area contributed by atoms with Crippen LogP contribution in [0.4, 0.5) is 0 Å². The van der Waals surface area contributed by atoms with Crippen molar-refractivity contribution in [2.75, 3.05) is 6.54 Å². The average molecular weight is 315 g/mol. The van der Waals surface area contributed by atoms with Crippen LogP contribution in [0.2, 0.25) is 0 Å². The van der Waals surface area contributed by atoms with Gasteiger partial charge in [0.25, 0.3) is 0 Å². The Labute approximate surface area is 113 Å². The molecule has 2 rings (SSSR count). The molecule has 2 aromatic heterocycles. The van der Waals surface area contributed by atoms with Gasteiger partial charge in [-0.05, 0) is 34.6 Å². The van der Waals surface area contributed by atoms with Gasteiger partial charge in [0.1, 0.15) is 0 Å². The SMILES string of the molecule is CCNC(Cc1cn(C)nn1)c1ccc(Br)s1. The fraction of sp³-hybridized carbons (Fsp3) is 0.455. The van der Waals surface area contributed by atoms with Gasteiger partial charge in [-0.1, -0.05) is 12.1 Å². The van der Waals surface area contributed by atoms with Crippen molar-refractivity contribution in [3.8, 4) is 0 Å². The zero-order valence-corrected chi connectivity index (χ0v) is 12.3. The molecule has 1 atom stereocenters. The van der Waals surface area contributed by atoms with Crippen LogP contribution in [-0.4, -0.2) is 21.5 Å². The number of aryl methyl sites for hydroxylation is 1. The molecule has 0 saturated carbocycles. The first-order valence-electron chi connectivity index (χ1n) is 5.53. The maximum absolute atomic E-state index is 4.14. The van der Waals surface area contributed by atoms with Gasteiger partial charge in [0.05, 0.1) is 9.48 Å². The van der Waals surface area contributed by atoms with E-state index in [1.165, 1.54) is 4.88 Å². The van der Waals surface area contributed by atoms with E-state index in [1.54, 1.807) is 16.0 Å². The maximum Gasteiger partial charge on any atom is 0.0846 e. The highest BCUT2D eigenvalue weighted by molar-refractivity contribution is 9.11. The number of nitrogens with zero attached hydrogens (tertiary/aromatic N) is 3. The lowest BCUT2D eigenvalue weighted by Gasteiger charge is -2.14. The van der Waals surface area contributed by atoms with E-state index in [0.29, 0.717) is 6.04 Å². The van der Waals surface area contributed by atoms with E-state index in [9.17, 15) is 0 Å². The van der Waals surface area contributed by atoms with Crippen LogP contribution in [0.1, 0.15) is 23.5 Å². The molecule has 0 amide bonds. The van der Waals surface area contributed by atoms with Gasteiger partial charge in [-0.25, -0.2) is 0 Å². The fourth-order valence-corrected chi connectivity index (χ4v) is 3.23. The molecule has 2 heterocycles. The van der Waals surface area contributed by atoms with Crippen molar-refractivity contribution >= 4 is 27.3 Å². The Balaban J connectivity index is 2.12. The summed E-state index contributed by atoms with van der Waals surface area (Å²) in [5.41, 5.74) is 1.02. The molecule has 17 heavy (non-hydrogen) atoms. The van der Waals surface area contributed by atoms with Crippen molar-refractivity contribution in [2.45, 2.75) is 19.4 Å². The smallest absolute Gasteiger partial charge is 0.0846 e. The standard InChI is InChI=1S/C11H15BrN4S/c1-3-13-9(10-4-5-11(12)17-10)6-8-7-16(2)15-14-8/h4-5,7,9,13H,3,6H2,1-2H3. The highest BCUT2D eigenvalue weighted by atomic mass is 79.9. The summed E-state index contributed by atoms with van der Waals surface area (Å²) in [5, 5.41) is 11.6. The van der Waals surface area contributed by atoms with Crippen molar-refractivity contribution in [3.05, 3.63) is 32.7 Å². The molecule has 0 bridgehead atoms. The second kappa shape index (κ2) is 5.75. The van der Waals surface area contributed by atoms with E-state index in [0.717, 1.165) is 22.4 Å². The molecule has 0 aliphatic heterocycles. The molecule has 92 valence electrons. The average Bonchev–Trinajstić information content (AvgIpc) is 2.87. The summed E-state index contributed by atoms with van der Waals surface area (Å²) in [5.74, 6) is 0. The topological polar surface area (TPSA) is 42.7 Å². The van der Waals surface area contributed by atoms with Gasteiger partial charge in [-0.15, -0.1) is 16.4 Å². The van der Waals surface area contributed by atoms with Crippen LogP contribution in [0.3, 0.4) is 0 Å². The Morgan fingerprint density at radius 2 is 2.35 bits per heavy atom. The van der Waals surface area contributed by atoms with Gasteiger partial charge in [-0.3, -0.25) is 4.68 Å². The lowest BCUT2D eigenvalue weighted by atomic mass is 10.1. The Morgan fingerprint density at radius 3 is 2.88 bits per heavy atom. The monoisotopic (exact) mass is 314 g/mol. The van der Waals surface area contributed by atoms with Crippen molar-refractivity contribution in [1.82, 2.24) is 20.3 Å². The molecule has 6 heteroatoms. The van der Waals surface area contributed by atoms with Gasteiger partial charge in [0.15, 0.2) is 0 Å². The number of halogens is 1. The molecule has 1 N–H and O–H groups in total. The molecule has 0 radical (unpaired) electrons. The molecular formula is C11H15BrN4S. The number of rotatable bonds is 5. The van der Waals surface area contributed by atoms with Crippen LogP contribution in [0.15, 0.2) is 22.1 Å². The highest BCUT2D eigenvalue weighted by Crippen LogP contribution is 2.28. The first-order chi connectivity index (χ1) is 8.19. The van der Waals surface area contributed by atoms with E-state index in [4.69, 9.17) is 0 Å². The number of nitrogens with one attached hydrogen (secondary N) is 1. The molecule has 0 aliphatic rings. The molecule has 4 nitrogen and oxygen atoms in total. The summed E-state index contributed by atoms with van der Waals surface area (Å²) < 4.78 is 2.90. The molecule has 0 fully saturated rings. The van der Waals surface area contributed by atoms with E-state index < -0.39 is 0 Å². The molecule has 0 aromatic carbocycles. The Kier molecular flexibility index (Phi) is 4.31. The zero-order valence-electron chi connectivity index (χ0n) is 9.85. The number of likely N-dealkylation sites (N-methyl/N-ethyl adjacent to an activating group) is 1. The minimum absolute atomic E-state index is 0.313. The van der Waals surface area contributed by atoms with Crippen molar-refractivity contribution in [3.63, 3.8) is 0 Å². The maximum atomic E-state index is 4.14. The van der Waals surface area contributed by atoms with E-state index >= 15 is 0 Å². The highest BCUT2D eigenvalue weighted by Gasteiger charge is 2.14. The second-order valence-corrected chi connectivity index (χ2v) is 6.33. The summed E-state index contributed by atoms with van der Waals surface area (Å²) >= 11 is 5.26. The number of thiophene rings is 1. The van der Waals surface area contributed by atoms with Crippen LogP contribution in [0, 0.1) is 0 Å². The Hall–Kier alpha value is -0.720. The quantitative estimate of drug-likeness (QED) is 0.922. The van der Waals surface area contributed by atoms with E-state index in [1.807, 2.05) is 13.2 Å². The summed E-state index contributed by atoms with van der Waals surface area (Å²) in [6, 6.07) is 4.55. The first-order valence-corrected chi connectivity index (χ1v) is 7.13. The van der Waals surface area contributed by atoms with E-state index in [-0.39, 0.29) is 0 Å². The third-order valence-electron chi connectivity index (χ3n) is 2.45. The van der Waals surface area contributed by atoms with Crippen LogP contribution in [0.25, 0.3) is 0 Å². The van der Waals surface area contributed by atoms with Crippen molar-refractivity contribution in [1.29, 1.82) is 0 Å². The number of hydrogen-bond acceptors (Lipinski definition) is 4. The molecule has 0 saturated heterocycles. The van der Waals surface area contributed by atoms with Crippen LogP contribution >= 0.6 is 27.3 Å². The summed E-state index contributed by atoms with van der Waals surface area (Å²) in [6.45, 7) is 3.06. The third-order valence-corrected chi connectivity index (χ3v) is 4.19. The van der Waals surface area contributed by atoms with Gasteiger partial charge >= 0.3 is 0 Å². The summed E-state index contributed by atoms with van der Waals surface area (Å²) in [7, 11) is 1.89. The predicted octanol–water partition coefficient (Wildman–Crippen LogP) is 2.53. The Morgan fingerprint density at radius 1 is 1.53 bits per heavy atom. The normalized spacial score (nSPS) is 12.9. The van der Waals surface area contributed by atoms with Crippen LogP contribution in [-0.2, 0) is 13.5 Å². The van der Waals surface area contributed by atoms with Crippen LogP contribution in [0.5, 0.6) is 0 Å². The third kappa shape index (κ3) is 3.37. The van der Waals surface area contributed by atoms with Gasteiger partial charge in [0.2, 0.25) is 0 Å². The molecule has 2 aromatic rings. The van der Waals surface area contributed by atoms with Gasteiger partial charge in [0, 0.05) is 30.6 Å². The molecule has 0 spiro atoms. The Bertz CT molecular complexity index is 479. The lowest BCUT2D eigenvalue weighted by Crippen LogP contribution is -2.22. The second-order valence-electron chi connectivity index (χ2n) is 3.84. The molecule has 1 unspecified atom stereocenters. The molecular weight excluding hydrogens is 300 g/mol. The lowest BCUT2D eigenvalue weighted by molar-refractivity contribution is 0.551. The summed E-state index contributed by atoms with van der Waals surface area (Å²) in [6.07, 6.45) is 2.83. The zero-order chi connectivity index (χ0) is 12.3. The van der Waals surface area contributed by atoms with Crippen LogP contribution < -0.4 is 5.32 Å². The fourth-order valence-electron chi connectivity index (χ4n) is 1.73. The predicted molar refractivity (Wildman–Crippen MR) is 73.1 cm³/mol. The first kappa shape index (κ1) is 12.7. The minimum atomic E-state index is 0.313. The van der Waals surface area contributed by atoms with Gasteiger partial charge < -0.3 is 5.32 Å². The molecule has 0 aliphatic carbocycles. The summed E-state index contributed by atoms with van der Waals surface area (Å²) in [4.78, 5) is 1.32. The van der Waals surface area contributed by atoms with E-state index in [2.05, 4.69) is 50.6 Å². The van der Waals surface area contributed by atoms with Gasteiger partial charge in [-0.2, -0.15) is 0 Å². The minimum Gasteiger partial charge on any atom is -0.309 e. The number of aromatic nitrogens is 3. The van der Waals surface area contributed by atoms with Crippen molar-refractivity contribution < 1.29 is 0 Å². The largest absolute Gasteiger partial charge is 0.309 e.